The minimum Gasteiger partial charge on any atom is -0.494 e. The summed E-state index contributed by atoms with van der Waals surface area (Å²) in [6, 6.07) is 15.3. The van der Waals surface area contributed by atoms with E-state index in [1.807, 2.05) is 61.7 Å². The van der Waals surface area contributed by atoms with Crippen molar-refractivity contribution in [2.24, 2.45) is 0 Å². The molecule has 1 unspecified atom stereocenters. The van der Waals surface area contributed by atoms with Gasteiger partial charge in [0.2, 0.25) is 11.8 Å². The predicted molar refractivity (Wildman–Crippen MR) is 150 cm³/mol. The fourth-order valence-corrected chi connectivity index (χ4v) is 4.92. The fourth-order valence-electron chi connectivity index (χ4n) is 4.59. The summed E-state index contributed by atoms with van der Waals surface area (Å²) in [5.41, 5.74) is 4.12. The summed E-state index contributed by atoms with van der Waals surface area (Å²) in [5, 5.41) is 10.5. The molecule has 10 heteroatoms. The summed E-state index contributed by atoms with van der Waals surface area (Å²) in [5.74, 6) is -1.98. The van der Waals surface area contributed by atoms with Crippen molar-refractivity contribution in [2.75, 3.05) is 23.9 Å². The maximum absolute atomic E-state index is 13.2. The molecule has 3 aromatic rings. The lowest BCUT2D eigenvalue weighted by Gasteiger charge is -2.25. The number of anilines is 1. The first kappa shape index (κ1) is 28.6. The van der Waals surface area contributed by atoms with Crippen molar-refractivity contribution >= 4 is 29.4 Å². The largest absolute Gasteiger partial charge is 0.494 e. The lowest BCUT2D eigenvalue weighted by Crippen LogP contribution is -2.42. The van der Waals surface area contributed by atoms with Gasteiger partial charge >= 0.3 is 0 Å². The van der Waals surface area contributed by atoms with Gasteiger partial charge in [-0.2, -0.15) is 11.8 Å². The number of amides is 2. The van der Waals surface area contributed by atoms with Gasteiger partial charge in [-0.05, 0) is 69.2 Å². The molecule has 0 saturated carbocycles. The molecule has 208 valence electrons. The molecule has 2 heterocycles. The van der Waals surface area contributed by atoms with E-state index in [9.17, 15) is 18.4 Å². The van der Waals surface area contributed by atoms with E-state index in [4.69, 9.17) is 4.74 Å². The molecule has 0 bridgehead atoms. The Hall–Kier alpha value is -3.40. The normalized spacial score (nSPS) is 15.0. The van der Waals surface area contributed by atoms with Gasteiger partial charge in [-0.15, -0.1) is 5.10 Å². The molecule has 1 aliphatic heterocycles. The maximum Gasteiger partial charge on any atom is 0.257 e. The van der Waals surface area contributed by atoms with Gasteiger partial charge in [0.15, 0.2) is 5.82 Å². The van der Waals surface area contributed by atoms with Crippen LogP contribution in [0.25, 0.3) is 5.69 Å². The van der Waals surface area contributed by atoms with Crippen LogP contribution in [0.3, 0.4) is 0 Å². The van der Waals surface area contributed by atoms with Crippen molar-refractivity contribution in [2.45, 2.75) is 57.9 Å². The zero-order valence-electron chi connectivity index (χ0n) is 22.4. The highest BCUT2D eigenvalue weighted by atomic mass is 32.2. The molecule has 0 fully saturated rings. The summed E-state index contributed by atoms with van der Waals surface area (Å²) in [6.07, 6.45) is 3.84. The van der Waals surface area contributed by atoms with Gasteiger partial charge in [0.05, 0.1) is 23.7 Å². The molecule has 0 saturated heterocycles. The van der Waals surface area contributed by atoms with Crippen LogP contribution in [0.1, 0.15) is 53.4 Å². The van der Waals surface area contributed by atoms with Crippen LogP contribution in [0.15, 0.2) is 48.5 Å². The SMILES string of the molecule is CSCC(=O)Nc1nn(-c2ccc(C)cc2)c2c1C(=O)NC(CCc1cccc(OCCCC(C)(F)F)c1)C2. The number of ether oxygens (including phenoxy) is 1. The Bertz CT molecular complexity index is 1300. The second-order valence-electron chi connectivity index (χ2n) is 9.98. The highest BCUT2D eigenvalue weighted by Crippen LogP contribution is 2.29. The monoisotopic (exact) mass is 556 g/mol. The lowest BCUT2D eigenvalue weighted by atomic mass is 9.95. The van der Waals surface area contributed by atoms with E-state index in [1.165, 1.54) is 11.8 Å². The summed E-state index contributed by atoms with van der Waals surface area (Å²) >= 11 is 1.40. The third-order valence-corrected chi connectivity index (χ3v) is 7.05. The summed E-state index contributed by atoms with van der Waals surface area (Å²) in [4.78, 5) is 25.6. The number of hydrogen-bond donors (Lipinski definition) is 2. The molecule has 7 nitrogen and oxygen atoms in total. The Balaban J connectivity index is 1.47. The van der Waals surface area contributed by atoms with Crippen LogP contribution in [0.5, 0.6) is 5.75 Å². The number of carbonyl (C=O) groups excluding carboxylic acids is 2. The summed E-state index contributed by atoms with van der Waals surface area (Å²) in [7, 11) is 0. The second-order valence-corrected chi connectivity index (χ2v) is 10.8. The quantitative estimate of drug-likeness (QED) is 0.285. The number of fused-ring (bicyclic) bond motifs is 1. The van der Waals surface area contributed by atoms with E-state index in [1.54, 1.807) is 4.68 Å². The smallest absolute Gasteiger partial charge is 0.257 e. The van der Waals surface area contributed by atoms with E-state index >= 15 is 0 Å². The van der Waals surface area contributed by atoms with Crippen LogP contribution in [0.2, 0.25) is 0 Å². The molecular weight excluding hydrogens is 522 g/mol. The number of halogens is 2. The first-order valence-electron chi connectivity index (χ1n) is 13.0. The van der Waals surface area contributed by atoms with Gasteiger partial charge in [0, 0.05) is 18.9 Å². The number of rotatable bonds is 12. The fraction of sp³-hybridized carbons (Fsp3) is 0.414. The summed E-state index contributed by atoms with van der Waals surface area (Å²) < 4.78 is 33.5. The van der Waals surface area contributed by atoms with Crippen molar-refractivity contribution in [1.29, 1.82) is 0 Å². The van der Waals surface area contributed by atoms with Crippen LogP contribution < -0.4 is 15.4 Å². The number of nitrogens with one attached hydrogen (secondary N) is 2. The van der Waals surface area contributed by atoms with Gasteiger partial charge in [-0.25, -0.2) is 13.5 Å². The Morgan fingerprint density at radius 3 is 2.74 bits per heavy atom. The van der Waals surface area contributed by atoms with Crippen molar-refractivity contribution in [3.8, 4) is 11.4 Å². The number of hydrogen-bond acceptors (Lipinski definition) is 5. The second kappa shape index (κ2) is 12.6. The molecule has 39 heavy (non-hydrogen) atoms. The van der Waals surface area contributed by atoms with E-state index in [2.05, 4.69) is 15.7 Å². The molecular formula is C29H34F2N4O3S. The maximum atomic E-state index is 13.2. The van der Waals surface area contributed by atoms with Gasteiger partial charge < -0.3 is 15.4 Å². The van der Waals surface area contributed by atoms with E-state index in [-0.39, 0.29) is 48.9 Å². The van der Waals surface area contributed by atoms with E-state index in [0.717, 1.165) is 29.4 Å². The van der Waals surface area contributed by atoms with Gasteiger partial charge in [-0.1, -0.05) is 29.8 Å². The lowest BCUT2D eigenvalue weighted by molar-refractivity contribution is -0.113. The Kier molecular flexibility index (Phi) is 9.27. The number of nitrogens with zero attached hydrogens (tertiary/aromatic N) is 2. The Morgan fingerprint density at radius 1 is 1.26 bits per heavy atom. The Labute approximate surface area is 231 Å². The first-order valence-corrected chi connectivity index (χ1v) is 14.4. The average Bonchev–Trinajstić information content (AvgIpc) is 3.24. The standard InChI is InChI=1S/C29H34F2N4O3S/c1-19-8-12-22(13-9-19)35-24-17-21(32-28(37)26(24)27(34-35)33-25(36)18-39-3)11-10-20-6-4-7-23(16-20)38-15-5-14-29(2,30)31/h4,6-9,12-13,16,21H,5,10-11,14-15,17-18H2,1-3H3,(H,32,37)(H,33,34,36). The molecule has 2 N–H and O–H groups in total. The molecule has 0 aliphatic carbocycles. The number of aryl methyl sites for hydroxylation is 2. The molecule has 4 rings (SSSR count). The third kappa shape index (κ3) is 7.81. The van der Waals surface area contributed by atoms with Crippen molar-refractivity contribution in [3.05, 3.63) is 70.9 Å². The molecule has 2 amide bonds. The van der Waals surface area contributed by atoms with Crippen LogP contribution in [0, 0.1) is 6.92 Å². The average molecular weight is 557 g/mol. The van der Waals surface area contributed by atoms with Gasteiger partial charge in [0.1, 0.15) is 11.3 Å². The molecule has 1 aliphatic rings. The van der Waals surface area contributed by atoms with Gasteiger partial charge in [0.25, 0.3) is 5.91 Å². The minimum atomic E-state index is -2.69. The number of benzene rings is 2. The van der Waals surface area contributed by atoms with Crippen molar-refractivity contribution in [1.82, 2.24) is 15.1 Å². The highest BCUT2D eigenvalue weighted by Gasteiger charge is 2.33. The zero-order valence-corrected chi connectivity index (χ0v) is 23.2. The van der Waals surface area contributed by atoms with Crippen LogP contribution >= 0.6 is 11.8 Å². The topological polar surface area (TPSA) is 85.2 Å². The zero-order chi connectivity index (χ0) is 28.0. The number of alkyl halides is 2. The Morgan fingerprint density at radius 2 is 2.03 bits per heavy atom. The first-order chi connectivity index (χ1) is 18.6. The molecule has 1 aromatic heterocycles. The van der Waals surface area contributed by atoms with Crippen LogP contribution in [-0.4, -0.2) is 52.2 Å². The van der Waals surface area contributed by atoms with Crippen LogP contribution in [-0.2, 0) is 17.6 Å². The molecule has 0 radical (unpaired) electrons. The molecule has 0 spiro atoms. The van der Waals surface area contributed by atoms with Crippen molar-refractivity contribution in [3.63, 3.8) is 0 Å². The predicted octanol–water partition coefficient (Wildman–Crippen LogP) is 5.58. The highest BCUT2D eigenvalue weighted by molar-refractivity contribution is 7.99. The van der Waals surface area contributed by atoms with Crippen LogP contribution in [0.4, 0.5) is 14.6 Å². The third-order valence-electron chi connectivity index (χ3n) is 6.50. The van der Waals surface area contributed by atoms with Crippen molar-refractivity contribution < 1.29 is 23.1 Å². The number of aromatic nitrogens is 2. The number of thioether (sulfide) groups is 1. The number of carbonyl (C=O) groups is 2. The molecule has 1 atom stereocenters. The molecule has 2 aromatic carbocycles. The summed E-state index contributed by atoms with van der Waals surface area (Å²) in [6.45, 7) is 3.15. The minimum absolute atomic E-state index is 0.128. The van der Waals surface area contributed by atoms with E-state index in [0.29, 0.717) is 30.6 Å². The van der Waals surface area contributed by atoms with Gasteiger partial charge in [-0.3, -0.25) is 9.59 Å². The van der Waals surface area contributed by atoms with E-state index < -0.39 is 5.92 Å².